The summed E-state index contributed by atoms with van der Waals surface area (Å²) in [7, 11) is 0. The lowest BCUT2D eigenvalue weighted by Gasteiger charge is -2.31. The van der Waals surface area contributed by atoms with E-state index in [1.54, 1.807) is 0 Å². The summed E-state index contributed by atoms with van der Waals surface area (Å²) in [5.41, 5.74) is -0.400. The van der Waals surface area contributed by atoms with Gasteiger partial charge in [-0.3, -0.25) is 4.79 Å². The first-order valence-corrected chi connectivity index (χ1v) is 7.68. The SMILES string of the molecule is CCSCCC1(C(=O)O)CCCCCCC1. The van der Waals surface area contributed by atoms with Crippen LogP contribution in [0.1, 0.15) is 58.3 Å². The molecule has 0 atom stereocenters. The normalized spacial score (nSPS) is 21.1. The molecule has 0 aromatic heterocycles. The van der Waals surface area contributed by atoms with Crippen molar-refractivity contribution in [3.63, 3.8) is 0 Å². The predicted octanol–water partition coefficient (Wildman–Crippen LogP) is 3.94. The molecular weight excluding hydrogens is 220 g/mol. The molecule has 0 radical (unpaired) electrons. The van der Waals surface area contributed by atoms with E-state index in [-0.39, 0.29) is 0 Å². The Morgan fingerprint density at radius 2 is 1.75 bits per heavy atom. The van der Waals surface area contributed by atoms with Crippen LogP contribution >= 0.6 is 11.8 Å². The van der Waals surface area contributed by atoms with Gasteiger partial charge in [0, 0.05) is 0 Å². The molecule has 1 aliphatic carbocycles. The first-order valence-electron chi connectivity index (χ1n) is 6.52. The average molecular weight is 244 g/mol. The van der Waals surface area contributed by atoms with E-state index in [2.05, 4.69) is 6.92 Å². The maximum absolute atomic E-state index is 11.5. The summed E-state index contributed by atoms with van der Waals surface area (Å²) in [6.45, 7) is 2.14. The lowest BCUT2D eigenvalue weighted by Crippen LogP contribution is -2.32. The molecule has 1 N–H and O–H groups in total. The van der Waals surface area contributed by atoms with Crippen LogP contribution in [0.15, 0.2) is 0 Å². The summed E-state index contributed by atoms with van der Waals surface area (Å²) < 4.78 is 0. The molecule has 0 saturated heterocycles. The molecule has 0 aromatic rings. The van der Waals surface area contributed by atoms with Gasteiger partial charge >= 0.3 is 5.97 Å². The number of carboxylic acid groups (broad SMARTS) is 1. The van der Waals surface area contributed by atoms with E-state index >= 15 is 0 Å². The van der Waals surface area contributed by atoms with Gasteiger partial charge in [0.1, 0.15) is 0 Å². The van der Waals surface area contributed by atoms with Gasteiger partial charge in [-0.25, -0.2) is 0 Å². The van der Waals surface area contributed by atoms with E-state index in [0.29, 0.717) is 0 Å². The fourth-order valence-corrected chi connectivity index (χ4v) is 3.39. The quantitative estimate of drug-likeness (QED) is 0.744. The highest BCUT2D eigenvalue weighted by atomic mass is 32.2. The van der Waals surface area contributed by atoms with Crippen LogP contribution in [0.25, 0.3) is 0 Å². The van der Waals surface area contributed by atoms with Crippen molar-refractivity contribution >= 4 is 17.7 Å². The van der Waals surface area contributed by atoms with Crippen molar-refractivity contribution in [2.24, 2.45) is 5.41 Å². The summed E-state index contributed by atoms with van der Waals surface area (Å²) in [5.74, 6) is 1.55. The molecule has 0 amide bonds. The second-order valence-corrected chi connectivity index (χ2v) is 6.19. The zero-order chi connectivity index (χ0) is 11.9. The van der Waals surface area contributed by atoms with Gasteiger partial charge in [-0.15, -0.1) is 0 Å². The highest BCUT2D eigenvalue weighted by Gasteiger charge is 2.37. The molecule has 94 valence electrons. The van der Waals surface area contributed by atoms with Crippen LogP contribution in [0.5, 0.6) is 0 Å². The van der Waals surface area contributed by atoms with Crippen LogP contribution in [0, 0.1) is 5.41 Å². The minimum absolute atomic E-state index is 0.400. The molecule has 3 heteroatoms. The van der Waals surface area contributed by atoms with Crippen LogP contribution < -0.4 is 0 Å². The van der Waals surface area contributed by atoms with Gasteiger partial charge in [-0.1, -0.05) is 39.0 Å². The van der Waals surface area contributed by atoms with Gasteiger partial charge in [-0.2, -0.15) is 11.8 Å². The third-order valence-corrected chi connectivity index (χ3v) is 4.59. The van der Waals surface area contributed by atoms with Crippen LogP contribution in [0.3, 0.4) is 0 Å². The maximum Gasteiger partial charge on any atom is 0.309 e. The Kier molecular flexibility index (Phi) is 6.25. The highest BCUT2D eigenvalue weighted by molar-refractivity contribution is 7.99. The maximum atomic E-state index is 11.5. The Morgan fingerprint density at radius 3 is 2.25 bits per heavy atom. The van der Waals surface area contributed by atoms with Crippen molar-refractivity contribution < 1.29 is 9.90 Å². The number of thioether (sulfide) groups is 1. The smallest absolute Gasteiger partial charge is 0.309 e. The van der Waals surface area contributed by atoms with Gasteiger partial charge < -0.3 is 5.11 Å². The second-order valence-electron chi connectivity index (χ2n) is 4.80. The van der Waals surface area contributed by atoms with E-state index in [9.17, 15) is 9.90 Å². The predicted molar refractivity (Wildman–Crippen MR) is 70.0 cm³/mol. The Morgan fingerprint density at radius 1 is 1.19 bits per heavy atom. The van der Waals surface area contributed by atoms with Crippen molar-refractivity contribution in [3.05, 3.63) is 0 Å². The molecule has 1 aliphatic rings. The monoisotopic (exact) mass is 244 g/mol. The zero-order valence-electron chi connectivity index (χ0n) is 10.3. The summed E-state index contributed by atoms with van der Waals surface area (Å²) in [5, 5.41) is 9.50. The van der Waals surface area contributed by atoms with Crippen molar-refractivity contribution in [1.29, 1.82) is 0 Å². The molecule has 2 nitrogen and oxygen atoms in total. The van der Waals surface area contributed by atoms with Crippen LogP contribution in [0.2, 0.25) is 0 Å². The largest absolute Gasteiger partial charge is 0.481 e. The van der Waals surface area contributed by atoms with E-state index in [1.807, 2.05) is 11.8 Å². The third kappa shape index (κ3) is 4.00. The first kappa shape index (κ1) is 13.9. The van der Waals surface area contributed by atoms with Gasteiger partial charge in [0.15, 0.2) is 0 Å². The van der Waals surface area contributed by atoms with Crippen molar-refractivity contribution in [1.82, 2.24) is 0 Å². The number of hydrogen-bond donors (Lipinski definition) is 1. The molecule has 0 aromatic carbocycles. The highest BCUT2D eigenvalue weighted by Crippen LogP contribution is 2.38. The molecule has 0 bridgehead atoms. The van der Waals surface area contributed by atoms with Crippen molar-refractivity contribution in [2.75, 3.05) is 11.5 Å². The Bertz CT molecular complexity index is 208. The molecule has 1 fully saturated rings. The lowest BCUT2D eigenvalue weighted by atomic mass is 9.74. The topological polar surface area (TPSA) is 37.3 Å². The molecule has 0 spiro atoms. The zero-order valence-corrected chi connectivity index (χ0v) is 11.2. The first-order chi connectivity index (χ1) is 7.71. The van der Waals surface area contributed by atoms with E-state index in [0.717, 1.165) is 43.6 Å². The van der Waals surface area contributed by atoms with Gasteiger partial charge in [0.05, 0.1) is 5.41 Å². The Hall–Kier alpha value is -0.180. The van der Waals surface area contributed by atoms with Crippen molar-refractivity contribution in [2.45, 2.75) is 58.3 Å². The summed E-state index contributed by atoms with van der Waals surface area (Å²) in [6, 6.07) is 0. The number of hydrogen-bond acceptors (Lipinski definition) is 2. The summed E-state index contributed by atoms with van der Waals surface area (Å²) >= 11 is 1.87. The molecule has 0 aliphatic heterocycles. The number of carboxylic acids is 1. The fraction of sp³-hybridized carbons (Fsp3) is 0.923. The number of carbonyl (C=O) groups is 1. The van der Waals surface area contributed by atoms with Crippen LogP contribution in [-0.2, 0) is 4.79 Å². The fourth-order valence-electron chi connectivity index (χ4n) is 2.56. The standard InChI is InChI=1S/C13H24O2S/c1-2-16-11-10-13(12(14)15)8-6-4-3-5-7-9-13/h2-11H2,1H3,(H,14,15). The molecule has 16 heavy (non-hydrogen) atoms. The van der Waals surface area contributed by atoms with E-state index in [4.69, 9.17) is 0 Å². The van der Waals surface area contributed by atoms with Crippen molar-refractivity contribution in [3.8, 4) is 0 Å². The van der Waals surface area contributed by atoms with E-state index < -0.39 is 11.4 Å². The van der Waals surface area contributed by atoms with Gasteiger partial charge in [0.25, 0.3) is 0 Å². The Balaban J connectivity index is 2.56. The minimum Gasteiger partial charge on any atom is -0.481 e. The molecular formula is C13H24O2S. The summed E-state index contributed by atoms with van der Waals surface area (Å²) in [4.78, 5) is 11.5. The van der Waals surface area contributed by atoms with Crippen LogP contribution in [0.4, 0.5) is 0 Å². The lowest BCUT2D eigenvalue weighted by molar-refractivity contribution is -0.150. The second kappa shape index (κ2) is 7.21. The summed E-state index contributed by atoms with van der Waals surface area (Å²) in [6.07, 6.45) is 8.58. The molecule has 1 saturated carbocycles. The number of rotatable bonds is 5. The molecule has 0 heterocycles. The molecule has 1 rings (SSSR count). The van der Waals surface area contributed by atoms with Crippen LogP contribution in [-0.4, -0.2) is 22.6 Å². The minimum atomic E-state index is -0.550. The van der Waals surface area contributed by atoms with Gasteiger partial charge in [-0.05, 0) is 30.8 Å². The average Bonchev–Trinajstić information content (AvgIpc) is 2.21. The number of aliphatic carboxylic acids is 1. The van der Waals surface area contributed by atoms with E-state index in [1.165, 1.54) is 19.3 Å². The Labute approximate surface area is 103 Å². The van der Waals surface area contributed by atoms with Gasteiger partial charge in [0.2, 0.25) is 0 Å². The molecule has 0 unspecified atom stereocenters. The third-order valence-electron chi connectivity index (χ3n) is 3.69.